The lowest BCUT2D eigenvalue weighted by atomic mass is 10.2. The van der Waals surface area contributed by atoms with Crippen LogP contribution in [0.5, 0.6) is 0 Å². The first-order chi connectivity index (χ1) is 9.83. The smallest absolute Gasteiger partial charge is 0.0931 e. The molecule has 0 aliphatic rings. The van der Waals surface area contributed by atoms with Gasteiger partial charge >= 0.3 is 0 Å². The quantitative estimate of drug-likeness (QED) is 0.630. The molecular formula is C15H14ClNS3. The molecule has 0 aromatic carbocycles. The molecule has 20 heavy (non-hydrogen) atoms. The lowest BCUT2D eigenvalue weighted by Crippen LogP contribution is -2.23. The third-order valence-electron chi connectivity index (χ3n) is 3.01. The average molecular weight is 340 g/mol. The van der Waals surface area contributed by atoms with Crippen molar-refractivity contribution in [3.63, 3.8) is 0 Å². The molecule has 3 heterocycles. The Morgan fingerprint density at radius 3 is 2.50 bits per heavy atom. The predicted octanol–water partition coefficient (Wildman–Crippen LogP) is 5.45. The second-order valence-electron chi connectivity index (χ2n) is 4.37. The van der Waals surface area contributed by atoms with Crippen LogP contribution in [0.4, 0.5) is 0 Å². The van der Waals surface area contributed by atoms with Crippen LogP contribution in [0.1, 0.15) is 20.7 Å². The van der Waals surface area contributed by atoms with Crippen molar-refractivity contribution < 1.29 is 0 Å². The zero-order chi connectivity index (χ0) is 13.8. The van der Waals surface area contributed by atoms with Gasteiger partial charge in [-0.05, 0) is 41.4 Å². The molecule has 0 aliphatic heterocycles. The number of halogens is 1. The Hall–Kier alpha value is -0.650. The Bertz CT molecular complexity index is 628. The van der Waals surface area contributed by atoms with E-state index < -0.39 is 0 Å². The zero-order valence-electron chi connectivity index (χ0n) is 10.7. The maximum absolute atomic E-state index is 6.08. The first-order valence-corrected chi connectivity index (χ1v) is 9.33. The number of hydrogen-bond acceptors (Lipinski definition) is 4. The molecule has 1 N–H and O–H groups in total. The highest BCUT2D eigenvalue weighted by Crippen LogP contribution is 2.33. The van der Waals surface area contributed by atoms with Crippen molar-refractivity contribution in [1.29, 1.82) is 0 Å². The molecule has 0 spiro atoms. The molecule has 0 amide bonds. The topological polar surface area (TPSA) is 12.0 Å². The number of rotatable bonds is 6. The van der Waals surface area contributed by atoms with Crippen LogP contribution < -0.4 is 5.32 Å². The minimum absolute atomic E-state index is 0.257. The fourth-order valence-corrected chi connectivity index (χ4v) is 4.83. The summed E-state index contributed by atoms with van der Waals surface area (Å²) < 4.78 is 0.849. The molecular weight excluding hydrogens is 326 g/mol. The molecule has 0 aliphatic carbocycles. The van der Waals surface area contributed by atoms with E-state index in [-0.39, 0.29) is 6.04 Å². The van der Waals surface area contributed by atoms with Gasteiger partial charge in [-0.15, -0.1) is 34.0 Å². The summed E-state index contributed by atoms with van der Waals surface area (Å²) in [5.41, 5.74) is 0. The van der Waals surface area contributed by atoms with Crippen LogP contribution in [0.25, 0.3) is 0 Å². The highest BCUT2D eigenvalue weighted by atomic mass is 35.5. The Morgan fingerprint density at radius 2 is 1.85 bits per heavy atom. The third kappa shape index (κ3) is 3.51. The monoisotopic (exact) mass is 339 g/mol. The summed E-state index contributed by atoms with van der Waals surface area (Å²) in [6.07, 6.45) is 1.07. The van der Waals surface area contributed by atoms with Crippen molar-refractivity contribution in [3.8, 4) is 0 Å². The minimum Gasteiger partial charge on any atom is -0.305 e. The normalized spacial score (nSPS) is 12.7. The van der Waals surface area contributed by atoms with Gasteiger partial charge in [0.15, 0.2) is 0 Å². The largest absolute Gasteiger partial charge is 0.305 e. The first-order valence-electron chi connectivity index (χ1n) is 6.37. The maximum Gasteiger partial charge on any atom is 0.0931 e. The van der Waals surface area contributed by atoms with Gasteiger partial charge in [0, 0.05) is 21.2 Å². The van der Waals surface area contributed by atoms with Crippen LogP contribution in [-0.4, -0.2) is 6.54 Å². The van der Waals surface area contributed by atoms with E-state index in [0.717, 1.165) is 17.3 Å². The molecule has 1 nitrogen and oxygen atoms in total. The number of nitrogens with one attached hydrogen (secondary N) is 1. The molecule has 0 fully saturated rings. The van der Waals surface area contributed by atoms with Gasteiger partial charge in [0.25, 0.3) is 0 Å². The van der Waals surface area contributed by atoms with Gasteiger partial charge in [0.05, 0.1) is 10.4 Å². The maximum atomic E-state index is 6.08. The van der Waals surface area contributed by atoms with Crippen LogP contribution in [0.15, 0.2) is 47.2 Å². The predicted molar refractivity (Wildman–Crippen MR) is 91.5 cm³/mol. The van der Waals surface area contributed by atoms with Crippen LogP contribution in [0.3, 0.4) is 0 Å². The van der Waals surface area contributed by atoms with Crippen molar-refractivity contribution in [2.24, 2.45) is 0 Å². The Morgan fingerprint density at radius 1 is 1.00 bits per heavy atom. The number of hydrogen-bond donors (Lipinski definition) is 1. The van der Waals surface area contributed by atoms with Gasteiger partial charge < -0.3 is 5.32 Å². The van der Waals surface area contributed by atoms with Gasteiger partial charge in [0.1, 0.15) is 0 Å². The summed E-state index contributed by atoms with van der Waals surface area (Å²) in [4.78, 5) is 4.05. The van der Waals surface area contributed by atoms with Crippen LogP contribution in [0, 0.1) is 0 Å². The van der Waals surface area contributed by atoms with Crippen LogP contribution >= 0.6 is 45.6 Å². The molecule has 3 rings (SSSR count). The van der Waals surface area contributed by atoms with Crippen molar-refractivity contribution >= 4 is 45.6 Å². The molecule has 0 radical (unpaired) electrons. The summed E-state index contributed by atoms with van der Waals surface area (Å²) >= 11 is 11.3. The van der Waals surface area contributed by atoms with E-state index >= 15 is 0 Å². The highest BCUT2D eigenvalue weighted by molar-refractivity contribution is 7.16. The summed E-state index contributed by atoms with van der Waals surface area (Å²) in [7, 11) is 0. The van der Waals surface area contributed by atoms with E-state index in [1.807, 2.05) is 17.4 Å². The Balaban J connectivity index is 1.70. The standard InChI is InChI=1S/C15H14ClNS3/c16-14-6-5-13(20-14)15(12-4-2-10-19-12)17-8-7-11-3-1-9-18-11/h1-6,9-10,15,17H,7-8H2. The van der Waals surface area contributed by atoms with Gasteiger partial charge in [-0.25, -0.2) is 0 Å². The molecule has 0 bridgehead atoms. The van der Waals surface area contributed by atoms with E-state index in [0.29, 0.717) is 0 Å². The van der Waals surface area contributed by atoms with Crippen molar-refractivity contribution in [1.82, 2.24) is 5.32 Å². The molecule has 5 heteroatoms. The molecule has 3 aromatic rings. The average Bonchev–Trinajstić information content (AvgIpc) is 3.17. The third-order valence-corrected chi connectivity index (χ3v) is 6.18. The van der Waals surface area contributed by atoms with Gasteiger partial charge in [0.2, 0.25) is 0 Å². The summed E-state index contributed by atoms with van der Waals surface area (Å²) in [5.74, 6) is 0. The van der Waals surface area contributed by atoms with Crippen LogP contribution in [0.2, 0.25) is 4.34 Å². The van der Waals surface area contributed by atoms with E-state index in [9.17, 15) is 0 Å². The molecule has 0 saturated heterocycles. The summed E-state index contributed by atoms with van der Waals surface area (Å²) in [5, 5.41) is 7.91. The second kappa shape index (κ2) is 6.87. The second-order valence-corrected chi connectivity index (χ2v) is 8.13. The fraction of sp³-hybridized carbons (Fsp3) is 0.200. The van der Waals surface area contributed by atoms with Crippen molar-refractivity contribution in [2.75, 3.05) is 6.54 Å². The lowest BCUT2D eigenvalue weighted by molar-refractivity contribution is 0.623. The molecule has 1 atom stereocenters. The Labute approximate surface area is 135 Å². The van der Waals surface area contributed by atoms with E-state index in [1.54, 1.807) is 22.7 Å². The van der Waals surface area contributed by atoms with E-state index in [2.05, 4.69) is 46.4 Å². The minimum atomic E-state index is 0.257. The molecule has 0 saturated carbocycles. The van der Waals surface area contributed by atoms with Crippen molar-refractivity contribution in [3.05, 3.63) is 66.1 Å². The van der Waals surface area contributed by atoms with E-state index in [4.69, 9.17) is 11.6 Å². The first kappa shape index (κ1) is 14.3. The van der Waals surface area contributed by atoms with Crippen molar-refractivity contribution in [2.45, 2.75) is 12.5 Å². The summed E-state index contributed by atoms with van der Waals surface area (Å²) in [6, 6.07) is 12.9. The van der Waals surface area contributed by atoms with Gasteiger partial charge in [-0.1, -0.05) is 23.7 Å². The zero-order valence-corrected chi connectivity index (χ0v) is 13.9. The van der Waals surface area contributed by atoms with E-state index in [1.165, 1.54) is 14.6 Å². The highest BCUT2D eigenvalue weighted by Gasteiger charge is 2.16. The Kier molecular flexibility index (Phi) is 4.91. The van der Waals surface area contributed by atoms with Gasteiger partial charge in [-0.2, -0.15) is 0 Å². The van der Waals surface area contributed by atoms with Crippen LogP contribution in [-0.2, 0) is 6.42 Å². The molecule has 3 aromatic heterocycles. The SMILES string of the molecule is Clc1ccc(C(NCCc2cccs2)c2cccs2)s1. The lowest BCUT2D eigenvalue weighted by Gasteiger charge is -2.15. The molecule has 104 valence electrons. The molecule has 1 unspecified atom stereocenters. The number of thiophene rings is 3. The van der Waals surface area contributed by atoms with Gasteiger partial charge in [-0.3, -0.25) is 0 Å². The summed E-state index contributed by atoms with van der Waals surface area (Å²) in [6.45, 7) is 0.971. The fourth-order valence-electron chi connectivity index (χ4n) is 2.07.